The van der Waals surface area contributed by atoms with Crippen molar-refractivity contribution in [2.45, 2.75) is 25.5 Å². The number of carbonyl (C=O) groups is 1. The normalized spacial score (nSPS) is 10.8. The van der Waals surface area contributed by atoms with Crippen molar-refractivity contribution in [3.8, 4) is 22.9 Å². The molecule has 0 saturated heterocycles. The second-order valence-electron chi connectivity index (χ2n) is 7.84. The average Bonchev–Trinajstić information content (AvgIpc) is 3.53. The number of amides is 1. The lowest BCUT2D eigenvalue weighted by atomic mass is 10.1. The molecule has 0 fully saturated rings. The minimum Gasteiger partial charge on any atom is -0.493 e. The molecule has 12 heteroatoms. The first kappa shape index (κ1) is 25.0. The molecule has 1 amide bonds. The molecule has 1 N–H and O–H groups in total. The van der Waals surface area contributed by atoms with Gasteiger partial charge in [0.2, 0.25) is 16.8 Å². The van der Waals surface area contributed by atoms with Gasteiger partial charge in [-0.3, -0.25) is 4.79 Å². The van der Waals surface area contributed by atoms with E-state index in [-0.39, 0.29) is 11.7 Å². The summed E-state index contributed by atoms with van der Waals surface area (Å²) in [6.07, 6.45) is 1.63. The highest BCUT2D eigenvalue weighted by atomic mass is 32.2. The zero-order valence-electron chi connectivity index (χ0n) is 20.7. The molecule has 2 aromatic heterocycles. The Morgan fingerprint density at radius 1 is 1.06 bits per heavy atom. The summed E-state index contributed by atoms with van der Waals surface area (Å²) in [5.41, 5.74) is 3.96. The zero-order chi connectivity index (χ0) is 25.7. The average molecular weight is 510 g/mol. The standard InChI is InChI=1S/C24H27N7O4S/c1-15-7-6-8-18(16(15)2)31-24(27-28-29-31)36-14-22(32)26-21-9-10-25-30(21)13-17-11-19(33-3)23(35-5)20(12-17)34-4/h6-12H,13-14H2,1-5H3,(H,26,32). The molecule has 0 aliphatic heterocycles. The Morgan fingerprint density at radius 3 is 2.50 bits per heavy atom. The fourth-order valence-corrected chi connectivity index (χ4v) is 4.34. The Balaban J connectivity index is 1.44. The predicted octanol–water partition coefficient (Wildman–Crippen LogP) is 3.28. The SMILES string of the molecule is COc1cc(Cn2nccc2NC(=O)CSc2nnnn2-c2cccc(C)c2C)cc(OC)c1OC. The molecular weight excluding hydrogens is 482 g/mol. The van der Waals surface area contributed by atoms with Crippen LogP contribution >= 0.6 is 11.8 Å². The van der Waals surface area contributed by atoms with Gasteiger partial charge in [-0.05, 0) is 59.2 Å². The van der Waals surface area contributed by atoms with Gasteiger partial charge < -0.3 is 19.5 Å². The third kappa shape index (κ3) is 5.28. The number of aryl methyl sites for hydroxylation is 1. The van der Waals surface area contributed by atoms with Gasteiger partial charge in [0.15, 0.2) is 11.5 Å². The van der Waals surface area contributed by atoms with Crippen LogP contribution in [0, 0.1) is 13.8 Å². The first-order chi connectivity index (χ1) is 17.4. The maximum absolute atomic E-state index is 12.8. The summed E-state index contributed by atoms with van der Waals surface area (Å²) in [4.78, 5) is 12.8. The predicted molar refractivity (Wildman–Crippen MR) is 135 cm³/mol. The third-order valence-corrected chi connectivity index (χ3v) is 6.54. The van der Waals surface area contributed by atoms with E-state index in [4.69, 9.17) is 14.2 Å². The molecule has 0 atom stereocenters. The number of rotatable bonds is 10. The summed E-state index contributed by atoms with van der Waals surface area (Å²) in [5.74, 6) is 2.08. The van der Waals surface area contributed by atoms with Crippen LogP contribution in [0.4, 0.5) is 5.82 Å². The Bertz CT molecular complexity index is 1340. The second kappa shape index (κ2) is 11.1. The van der Waals surface area contributed by atoms with E-state index in [0.29, 0.717) is 34.8 Å². The first-order valence-electron chi connectivity index (χ1n) is 11.0. The third-order valence-electron chi connectivity index (χ3n) is 5.62. The molecule has 2 aromatic carbocycles. The van der Waals surface area contributed by atoms with Gasteiger partial charge in [-0.2, -0.15) is 9.78 Å². The number of hydrogen-bond acceptors (Lipinski definition) is 9. The van der Waals surface area contributed by atoms with E-state index >= 15 is 0 Å². The van der Waals surface area contributed by atoms with Crippen molar-refractivity contribution in [2.24, 2.45) is 0 Å². The minimum atomic E-state index is -0.206. The van der Waals surface area contributed by atoms with Crippen molar-refractivity contribution in [2.75, 3.05) is 32.4 Å². The fourth-order valence-electron chi connectivity index (χ4n) is 3.66. The largest absolute Gasteiger partial charge is 0.493 e. The Labute approximate surface area is 212 Å². The fraction of sp³-hybridized carbons (Fsp3) is 0.292. The molecule has 188 valence electrons. The number of anilines is 1. The minimum absolute atomic E-state index is 0.126. The molecule has 11 nitrogen and oxygen atoms in total. The van der Waals surface area contributed by atoms with Crippen LogP contribution in [0.25, 0.3) is 5.69 Å². The molecule has 2 heterocycles. The first-order valence-corrected chi connectivity index (χ1v) is 12.0. The number of hydrogen-bond donors (Lipinski definition) is 1. The molecule has 4 aromatic rings. The molecule has 0 aliphatic carbocycles. The van der Waals surface area contributed by atoms with Crippen LogP contribution in [0.5, 0.6) is 17.2 Å². The van der Waals surface area contributed by atoms with Gasteiger partial charge in [0.25, 0.3) is 0 Å². The number of methoxy groups -OCH3 is 3. The maximum atomic E-state index is 12.8. The molecule has 4 rings (SSSR count). The second-order valence-corrected chi connectivity index (χ2v) is 8.78. The van der Waals surface area contributed by atoms with Gasteiger partial charge in [0.1, 0.15) is 5.82 Å². The van der Waals surface area contributed by atoms with Crippen molar-refractivity contribution in [3.05, 3.63) is 59.3 Å². The Morgan fingerprint density at radius 2 is 1.81 bits per heavy atom. The van der Waals surface area contributed by atoms with Gasteiger partial charge in [0.05, 0.1) is 45.5 Å². The summed E-state index contributed by atoms with van der Waals surface area (Å²) in [6.45, 7) is 4.44. The van der Waals surface area contributed by atoms with Gasteiger partial charge in [0, 0.05) is 6.07 Å². The monoisotopic (exact) mass is 509 g/mol. The van der Waals surface area contributed by atoms with Crippen LogP contribution in [0.2, 0.25) is 0 Å². The lowest BCUT2D eigenvalue weighted by Gasteiger charge is -2.15. The molecule has 0 aliphatic rings. The number of aromatic nitrogens is 6. The zero-order valence-corrected chi connectivity index (χ0v) is 21.5. The number of carbonyl (C=O) groups excluding carboxylic acids is 1. The number of nitrogens with zero attached hydrogens (tertiary/aromatic N) is 6. The molecule has 0 unspecified atom stereocenters. The van der Waals surface area contributed by atoms with Crippen molar-refractivity contribution < 1.29 is 19.0 Å². The highest BCUT2D eigenvalue weighted by Crippen LogP contribution is 2.38. The van der Waals surface area contributed by atoms with E-state index < -0.39 is 0 Å². The quantitative estimate of drug-likeness (QED) is 0.321. The molecule has 0 saturated carbocycles. The maximum Gasteiger partial charge on any atom is 0.235 e. The molecule has 0 spiro atoms. The highest BCUT2D eigenvalue weighted by Gasteiger charge is 2.17. The smallest absolute Gasteiger partial charge is 0.235 e. The molecule has 0 bridgehead atoms. The van der Waals surface area contributed by atoms with Crippen LogP contribution in [-0.4, -0.2) is 63.0 Å². The Kier molecular flexibility index (Phi) is 7.74. The van der Waals surface area contributed by atoms with Crippen LogP contribution in [0.1, 0.15) is 16.7 Å². The highest BCUT2D eigenvalue weighted by molar-refractivity contribution is 7.99. The topological polar surface area (TPSA) is 118 Å². The van der Waals surface area contributed by atoms with Crippen molar-refractivity contribution >= 4 is 23.5 Å². The van der Waals surface area contributed by atoms with E-state index in [2.05, 4.69) is 25.9 Å². The summed E-state index contributed by atoms with van der Waals surface area (Å²) in [7, 11) is 4.68. The summed E-state index contributed by atoms with van der Waals surface area (Å²) >= 11 is 1.26. The van der Waals surface area contributed by atoms with Gasteiger partial charge in [-0.1, -0.05) is 23.9 Å². The van der Waals surface area contributed by atoms with Gasteiger partial charge in [-0.25, -0.2) is 4.68 Å². The van der Waals surface area contributed by atoms with Crippen molar-refractivity contribution in [1.29, 1.82) is 0 Å². The van der Waals surface area contributed by atoms with Gasteiger partial charge in [-0.15, -0.1) is 5.10 Å². The number of benzene rings is 2. The summed E-state index contributed by atoms with van der Waals surface area (Å²) in [5, 5.41) is 19.8. The summed E-state index contributed by atoms with van der Waals surface area (Å²) in [6, 6.07) is 11.4. The number of tetrazole rings is 1. The van der Waals surface area contributed by atoms with E-state index in [1.807, 2.05) is 44.2 Å². The molecule has 36 heavy (non-hydrogen) atoms. The lowest BCUT2D eigenvalue weighted by molar-refractivity contribution is -0.113. The molecular formula is C24H27N7O4S. The van der Waals surface area contributed by atoms with Crippen LogP contribution in [-0.2, 0) is 11.3 Å². The van der Waals surface area contributed by atoms with Crippen molar-refractivity contribution in [1.82, 2.24) is 30.0 Å². The van der Waals surface area contributed by atoms with E-state index in [0.717, 1.165) is 22.4 Å². The van der Waals surface area contributed by atoms with E-state index in [9.17, 15) is 4.79 Å². The van der Waals surface area contributed by atoms with E-state index in [1.54, 1.807) is 43.0 Å². The van der Waals surface area contributed by atoms with Crippen LogP contribution < -0.4 is 19.5 Å². The van der Waals surface area contributed by atoms with Crippen molar-refractivity contribution in [3.63, 3.8) is 0 Å². The Hall–Kier alpha value is -4.06. The van der Waals surface area contributed by atoms with Crippen LogP contribution in [0.15, 0.2) is 47.8 Å². The van der Waals surface area contributed by atoms with Crippen LogP contribution in [0.3, 0.4) is 0 Å². The number of nitrogens with one attached hydrogen (secondary N) is 1. The molecule has 0 radical (unpaired) electrons. The van der Waals surface area contributed by atoms with E-state index in [1.165, 1.54) is 11.8 Å². The lowest BCUT2D eigenvalue weighted by Crippen LogP contribution is -2.18. The number of ether oxygens (including phenoxy) is 3. The van der Waals surface area contributed by atoms with Gasteiger partial charge >= 0.3 is 0 Å². The summed E-state index contributed by atoms with van der Waals surface area (Å²) < 4.78 is 19.6. The number of thioether (sulfide) groups is 1.